The average Bonchev–Trinajstić information content (AvgIpc) is 3.47. The van der Waals surface area contributed by atoms with Crippen molar-refractivity contribution in [3.8, 4) is 16.9 Å². The van der Waals surface area contributed by atoms with Crippen molar-refractivity contribution >= 4 is 28.2 Å². The number of hydrogen-bond donors (Lipinski definition) is 3. The number of H-pyrrole nitrogens is 1. The maximum absolute atomic E-state index is 9.81. The van der Waals surface area contributed by atoms with E-state index < -0.39 is 0 Å². The Bertz CT molecular complexity index is 1470. The number of pyridine rings is 3. The lowest BCUT2D eigenvalue weighted by Crippen LogP contribution is -2.26. The zero-order valence-corrected chi connectivity index (χ0v) is 18.9. The minimum atomic E-state index is -0.206. The number of aromatic nitrogens is 5. The van der Waals surface area contributed by atoms with Gasteiger partial charge in [-0.2, -0.15) is 5.10 Å². The molecule has 1 saturated carbocycles. The van der Waals surface area contributed by atoms with Gasteiger partial charge < -0.3 is 20.1 Å². The molecular formula is C26H26N6O2. The van der Waals surface area contributed by atoms with Gasteiger partial charge in [0.15, 0.2) is 5.82 Å². The third-order valence-corrected chi connectivity index (χ3v) is 6.38. The van der Waals surface area contributed by atoms with E-state index >= 15 is 0 Å². The van der Waals surface area contributed by atoms with Gasteiger partial charge in [0.05, 0.1) is 23.9 Å². The number of nitrogens with zero attached hydrogens (tertiary/aromatic N) is 4. The van der Waals surface area contributed by atoms with E-state index in [1.807, 2.05) is 60.4 Å². The van der Waals surface area contributed by atoms with Crippen LogP contribution in [-0.2, 0) is 0 Å². The normalized spacial score (nSPS) is 18.4. The van der Waals surface area contributed by atoms with Gasteiger partial charge in [0.2, 0.25) is 0 Å². The van der Waals surface area contributed by atoms with Gasteiger partial charge in [0, 0.05) is 35.1 Å². The molecule has 0 amide bonds. The van der Waals surface area contributed by atoms with Crippen LogP contribution in [0.25, 0.3) is 27.7 Å². The number of hydrogen-bond acceptors (Lipinski definition) is 6. The van der Waals surface area contributed by atoms with Crippen LogP contribution in [0.5, 0.6) is 5.75 Å². The minimum Gasteiger partial charge on any atom is -0.488 e. The molecule has 0 atom stereocenters. The maximum Gasteiger partial charge on any atom is 0.154 e. The third-order valence-electron chi connectivity index (χ3n) is 6.38. The Labute approximate surface area is 196 Å². The highest BCUT2D eigenvalue weighted by Crippen LogP contribution is 2.34. The van der Waals surface area contributed by atoms with Crippen LogP contribution in [-0.4, -0.2) is 41.9 Å². The van der Waals surface area contributed by atoms with Crippen molar-refractivity contribution in [2.24, 2.45) is 0 Å². The molecule has 5 aromatic rings. The molecule has 8 heteroatoms. The van der Waals surface area contributed by atoms with Gasteiger partial charge >= 0.3 is 0 Å². The Hall–Kier alpha value is -3.91. The Morgan fingerprint density at radius 2 is 1.94 bits per heavy atom. The van der Waals surface area contributed by atoms with Gasteiger partial charge in [0.25, 0.3) is 0 Å². The summed E-state index contributed by atoms with van der Waals surface area (Å²) in [5, 5.41) is 18.8. The van der Waals surface area contributed by atoms with Crippen LogP contribution in [0.3, 0.4) is 0 Å². The molecule has 1 fully saturated rings. The molecule has 5 heterocycles. The lowest BCUT2D eigenvalue weighted by molar-refractivity contribution is 0.0667. The van der Waals surface area contributed by atoms with E-state index in [0.29, 0.717) is 0 Å². The first-order valence-corrected chi connectivity index (χ1v) is 11.6. The lowest BCUT2D eigenvalue weighted by Gasteiger charge is -2.27. The van der Waals surface area contributed by atoms with Crippen molar-refractivity contribution in [3.63, 3.8) is 0 Å². The molecule has 0 aromatic carbocycles. The summed E-state index contributed by atoms with van der Waals surface area (Å²) >= 11 is 0. The molecule has 0 aliphatic heterocycles. The van der Waals surface area contributed by atoms with Gasteiger partial charge in [-0.3, -0.25) is 4.98 Å². The van der Waals surface area contributed by atoms with E-state index in [2.05, 4.69) is 37.5 Å². The molecule has 0 bridgehead atoms. The van der Waals surface area contributed by atoms with Crippen LogP contribution in [0.15, 0.2) is 61.1 Å². The third kappa shape index (κ3) is 4.08. The summed E-state index contributed by atoms with van der Waals surface area (Å²) in [4.78, 5) is 12.2. The Kier molecular flexibility index (Phi) is 5.15. The molecule has 34 heavy (non-hydrogen) atoms. The quantitative estimate of drug-likeness (QED) is 0.345. The lowest BCUT2D eigenvalue weighted by atomic mass is 9.95. The summed E-state index contributed by atoms with van der Waals surface area (Å²) in [6.07, 6.45) is 8.81. The van der Waals surface area contributed by atoms with Gasteiger partial charge in [-0.1, -0.05) is 0 Å². The zero-order chi connectivity index (χ0) is 23.1. The topological polar surface area (TPSA) is 100 Å². The molecule has 8 nitrogen and oxygen atoms in total. The van der Waals surface area contributed by atoms with Crippen LogP contribution >= 0.6 is 0 Å². The highest BCUT2D eigenvalue weighted by atomic mass is 16.5. The van der Waals surface area contributed by atoms with Crippen molar-refractivity contribution in [1.29, 1.82) is 0 Å². The molecule has 0 radical (unpaired) electrons. The second kappa shape index (κ2) is 8.46. The molecule has 0 unspecified atom stereocenters. The van der Waals surface area contributed by atoms with E-state index in [-0.39, 0.29) is 12.2 Å². The number of fused-ring (bicyclic) bond motifs is 2. The first-order chi connectivity index (χ1) is 16.6. The summed E-state index contributed by atoms with van der Waals surface area (Å²) in [7, 11) is 0. The highest BCUT2D eigenvalue weighted by Gasteiger charge is 2.22. The summed E-state index contributed by atoms with van der Waals surface area (Å²) in [5.41, 5.74) is 4.78. The van der Waals surface area contributed by atoms with Gasteiger partial charge in [-0.05, 0) is 74.6 Å². The first-order valence-electron chi connectivity index (χ1n) is 11.6. The van der Waals surface area contributed by atoms with Gasteiger partial charge in [-0.25, -0.2) is 9.50 Å². The van der Waals surface area contributed by atoms with E-state index in [1.54, 1.807) is 0 Å². The SMILES string of the molecule is Cc1cc(-c2ccn3nc(Nc4ccc5cc[nH]c5n4)cc3c2)c(OC2CCC(O)CC2)cn1. The fourth-order valence-electron chi connectivity index (χ4n) is 4.56. The van der Waals surface area contributed by atoms with Crippen molar-refractivity contribution < 1.29 is 9.84 Å². The Morgan fingerprint density at radius 3 is 2.82 bits per heavy atom. The summed E-state index contributed by atoms with van der Waals surface area (Å²) < 4.78 is 8.19. The maximum atomic E-state index is 9.81. The smallest absolute Gasteiger partial charge is 0.154 e. The summed E-state index contributed by atoms with van der Waals surface area (Å²) in [6, 6.07) is 14.2. The van der Waals surface area contributed by atoms with Gasteiger partial charge in [-0.15, -0.1) is 0 Å². The number of aliphatic hydroxyl groups is 1. The fourth-order valence-corrected chi connectivity index (χ4v) is 4.56. The molecule has 0 spiro atoms. The van der Waals surface area contributed by atoms with E-state index in [0.717, 1.165) is 76.4 Å². The number of aryl methyl sites for hydroxylation is 1. The number of rotatable bonds is 5. The molecule has 6 rings (SSSR count). The average molecular weight is 455 g/mol. The minimum absolute atomic E-state index is 0.102. The van der Waals surface area contributed by atoms with E-state index in [4.69, 9.17) is 4.74 Å². The van der Waals surface area contributed by atoms with Crippen molar-refractivity contribution in [2.75, 3.05) is 5.32 Å². The molecule has 0 saturated heterocycles. The number of aromatic amines is 1. The first kappa shape index (κ1) is 20.7. The van der Waals surface area contributed by atoms with Crippen molar-refractivity contribution in [2.45, 2.75) is 44.8 Å². The summed E-state index contributed by atoms with van der Waals surface area (Å²) in [5.74, 6) is 2.23. The van der Waals surface area contributed by atoms with Crippen molar-refractivity contribution in [1.82, 2.24) is 24.6 Å². The predicted octanol–water partition coefficient (Wildman–Crippen LogP) is 5.01. The molecule has 3 N–H and O–H groups in total. The zero-order valence-electron chi connectivity index (χ0n) is 18.9. The number of nitrogens with one attached hydrogen (secondary N) is 2. The molecule has 1 aliphatic carbocycles. The monoisotopic (exact) mass is 454 g/mol. The van der Waals surface area contributed by atoms with Crippen LogP contribution < -0.4 is 10.1 Å². The van der Waals surface area contributed by atoms with Crippen LogP contribution in [0.4, 0.5) is 11.6 Å². The number of aliphatic hydroxyl groups excluding tert-OH is 1. The number of anilines is 2. The second-order valence-corrected chi connectivity index (χ2v) is 8.92. The second-order valence-electron chi connectivity index (χ2n) is 8.92. The molecule has 172 valence electrons. The van der Waals surface area contributed by atoms with E-state index in [1.165, 1.54) is 0 Å². The van der Waals surface area contributed by atoms with Gasteiger partial charge in [0.1, 0.15) is 17.2 Å². The Morgan fingerprint density at radius 1 is 1.06 bits per heavy atom. The number of ether oxygens (including phenoxy) is 1. The van der Waals surface area contributed by atoms with E-state index in [9.17, 15) is 5.11 Å². The van der Waals surface area contributed by atoms with Crippen LogP contribution in [0.2, 0.25) is 0 Å². The molecule has 5 aromatic heterocycles. The highest BCUT2D eigenvalue weighted by molar-refractivity contribution is 5.78. The fraction of sp³-hybridized carbons (Fsp3) is 0.269. The Balaban J connectivity index is 1.28. The molecule has 1 aliphatic rings. The largest absolute Gasteiger partial charge is 0.488 e. The van der Waals surface area contributed by atoms with Crippen LogP contribution in [0.1, 0.15) is 31.4 Å². The van der Waals surface area contributed by atoms with Crippen molar-refractivity contribution in [3.05, 3.63) is 66.7 Å². The predicted molar refractivity (Wildman–Crippen MR) is 131 cm³/mol. The van der Waals surface area contributed by atoms with Crippen LogP contribution in [0, 0.1) is 6.92 Å². The summed E-state index contributed by atoms with van der Waals surface area (Å²) in [6.45, 7) is 1.98. The molecular weight excluding hydrogens is 428 g/mol. The standard InChI is InChI=1S/C26H26N6O2/c1-16-12-22(23(15-28-16)34-21-5-3-20(33)4-6-21)18-9-11-32-19(13-18)14-25(31-32)29-24-7-2-17-8-10-27-26(17)30-24/h2,7-15,20-21,33H,3-6H2,1H3,(H2,27,29,30,31).